The molecule has 0 spiro atoms. The molecule has 0 aliphatic rings. The summed E-state index contributed by atoms with van der Waals surface area (Å²) in [6.45, 7) is -0.0144. The molecule has 0 bridgehead atoms. The molecule has 0 fully saturated rings. The Kier molecular flexibility index (Phi) is 5.37. The first kappa shape index (κ1) is 14.8. The van der Waals surface area contributed by atoms with Crippen LogP contribution in [-0.4, -0.2) is 31.3 Å². The molecule has 20 heavy (non-hydrogen) atoms. The summed E-state index contributed by atoms with van der Waals surface area (Å²) in [6.07, 6.45) is 2.10. The van der Waals surface area contributed by atoms with Crippen molar-refractivity contribution in [3.63, 3.8) is 0 Å². The summed E-state index contributed by atoms with van der Waals surface area (Å²) in [5, 5.41) is 19.8. The first-order chi connectivity index (χ1) is 9.66. The van der Waals surface area contributed by atoms with Gasteiger partial charge in [0.15, 0.2) is 17.5 Å². The molecule has 0 aromatic carbocycles. The third kappa shape index (κ3) is 4.21. The van der Waals surface area contributed by atoms with Crippen molar-refractivity contribution in [1.82, 2.24) is 9.55 Å². The van der Waals surface area contributed by atoms with Gasteiger partial charge in [0.25, 0.3) is 0 Å². The summed E-state index contributed by atoms with van der Waals surface area (Å²) in [5.41, 5.74) is 0. The van der Waals surface area contributed by atoms with E-state index in [0.717, 1.165) is 5.03 Å². The minimum Gasteiger partial charge on any atom is -0.494 e. The fourth-order valence-electron chi connectivity index (χ4n) is 1.52. The van der Waals surface area contributed by atoms with Crippen molar-refractivity contribution >= 4 is 27.4 Å². The van der Waals surface area contributed by atoms with Crippen molar-refractivity contribution in [1.29, 1.82) is 0 Å². The van der Waals surface area contributed by atoms with Crippen LogP contribution in [0.3, 0.4) is 0 Å². The van der Waals surface area contributed by atoms with Gasteiger partial charge in [-0.15, -0.1) is 0 Å². The van der Waals surface area contributed by atoms with E-state index < -0.39 is 0 Å². The van der Waals surface area contributed by atoms with Crippen molar-refractivity contribution in [2.75, 3.05) is 5.75 Å². The van der Waals surface area contributed by atoms with Gasteiger partial charge in [-0.25, -0.2) is 4.98 Å². The predicted octanol–water partition coefficient (Wildman–Crippen LogP) is 2.69. The van der Waals surface area contributed by atoms with E-state index in [0.29, 0.717) is 12.2 Å². The van der Waals surface area contributed by atoms with E-state index in [1.807, 2.05) is 18.2 Å². The van der Waals surface area contributed by atoms with Crippen LogP contribution < -0.4 is 0 Å². The van der Waals surface area contributed by atoms with Crippen molar-refractivity contribution in [2.45, 2.75) is 18.0 Å². The highest BCUT2D eigenvalue weighted by atomic mass is 33.1. The lowest BCUT2D eigenvalue weighted by molar-refractivity contribution is -0.119. The maximum Gasteiger partial charge on any atom is 0.194 e. The van der Waals surface area contributed by atoms with Crippen molar-refractivity contribution in [3.8, 4) is 11.8 Å². The van der Waals surface area contributed by atoms with E-state index in [4.69, 9.17) is 0 Å². The molecule has 2 N–H and O–H groups in total. The number of rotatable bonds is 7. The van der Waals surface area contributed by atoms with Crippen LogP contribution in [0.1, 0.15) is 6.42 Å². The highest BCUT2D eigenvalue weighted by Crippen LogP contribution is 2.29. The van der Waals surface area contributed by atoms with Crippen LogP contribution >= 0.6 is 21.6 Å². The number of pyridine rings is 1. The second kappa shape index (κ2) is 7.25. The third-order valence-electron chi connectivity index (χ3n) is 2.52. The highest BCUT2D eigenvalue weighted by Gasteiger charge is 2.10. The van der Waals surface area contributed by atoms with Gasteiger partial charge in [-0.2, -0.15) is 0 Å². The largest absolute Gasteiger partial charge is 0.494 e. The number of carbonyl (C=O) groups is 1. The maximum absolute atomic E-state index is 11.7. The number of hydrogen-bond donors (Lipinski definition) is 2. The molecular weight excluding hydrogens is 296 g/mol. The van der Waals surface area contributed by atoms with E-state index in [1.165, 1.54) is 27.5 Å². The van der Waals surface area contributed by atoms with Crippen LogP contribution in [-0.2, 0) is 11.3 Å². The van der Waals surface area contributed by atoms with Crippen LogP contribution in [0.15, 0.2) is 41.6 Å². The lowest BCUT2D eigenvalue weighted by Gasteiger charge is -2.05. The molecule has 0 aliphatic carbocycles. The molecule has 0 unspecified atom stereocenters. The predicted molar refractivity (Wildman–Crippen MR) is 79.9 cm³/mol. The van der Waals surface area contributed by atoms with Crippen LogP contribution in [0.4, 0.5) is 0 Å². The number of aromatic nitrogens is 2. The second-order valence-electron chi connectivity index (χ2n) is 4.00. The van der Waals surface area contributed by atoms with Gasteiger partial charge < -0.3 is 10.2 Å². The second-order valence-corrected chi connectivity index (χ2v) is 6.43. The van der Waals surface area contributed by atoms with E-state index in [2.05, 4.69) is 4.98 Å². The zero-order chi connectivity index (χ0) is 14.4. The lowest BCUT2D eigenvalue weighted by Crippen LogP contribution is -2.09. The van der Waals surface area contributed by atoms with Gasteiger partial charge >= 0.3 is 0 Å². The Morgan fingerprint density at radius 2 is 1.95 bits per heavy atom. The average molecular weight is 310 g/mol. The molecule has 0 atom stereocenters. The fraction of sp³-hybridized carbons (Fsp3) is 0.231. The Morgan fingerprint density at radius 3 is 2.60 bits per heavy atom. The Hall–Kier alpha value is -1.60. The number of carbonyl (C=O) groups excluding carboxylic acids is 1. The van der Waals surface area contributed by atoms with Crippen LogP contribution in [0.25, 0.3) is 0 Å². The topological polar surface area (TPSA) is 75.4 Å². The Bertz CT molecular complexity index is 553. The number of ketones is 1. The highest BCUT2D eigenvalue weighted by molar-refractivity contribution is 8.76. The molecule has 7 heteroatoms. The number of nitrogens with zero attached hydrogens (tertiary/aromatic N) is 2. The molecule has 0 aliphatic heterocycles. The fourth-order valence-corrected chi connectivity index (χ4v) is 3.43. The summed E-state index contributed by atoms with van der Waals surface area (Å²) < 4.78 is 1.18. The molecule has 0 saturated carbocycles. The maximum atomic E-state index is 11.7. The zero-order valence-corrected chi connectivity index (χ0v) is 12.2. The minimum atomic E-state index is -0.105. The van der Waals surface area contributed by atoms with Crippen LogP contribution in [0.2, 0.25) is 0 Å². The van der Waals surface area contributed by atoms with Gasteiger partial charge in [-0.1, -0.05) is 16.9 Å². The SMILES string of the molecule is O=C(CCSSc1ccccn1)Cn1c(O)ccc1O. The normalized spacial score (nSPS) is 10.6. The van der Waals surface area contributed by atoms with Crippen molar-refractivity contribution in [2.24, 2.45) is 0 Å². The average Bonchev–Trinajstić information content (AvgIpc) is 2.77. The van der Waals surface area contributed by atoms with Gasteiger partial charge in [-0.05, 0) is 22.9 Å². The van der Waals surface area contributed by atoms with Gasteiger partial charge in [0.05, 0.1) is 6.54 Å². The van der Waals surface area contributed by atoms with E-state index in [-0.39, 0.29) is 24.1 Å². The first-order valence-electron chi connectivity index (χ1n) is 5.96. The number of hydrogen-bond acceptors (Lipinski definition) is 6. The summed E-state index contributed by atoms with van der Waals surface area (Å²) in [5.74, 6) is 0.404. The summed E-state index contributed by atoms with van der Waals surface area (Å²) in [6, 6.07) is 8.39. The van der Waals surface area contributed by atoms with Gasteiger partial charge in [-0.3, -0.25) is 9.36 Å². The quantitative estimate of drug-likeness (QED) is 0.605. The molecule has 0 amide bonds. The Morgan fingerprint density at radius 1 is 1.20 bits per heavy atom. The summed E-state index contributed by atoms with van der Waals surface area (Å²) >= 11 is 0. The third-order valence-corrected chi connectivity index (χ3v) is 4.78. The monoisotopic (exact) mass is 310 g/mol. The standard InChI is InChI=1S/C13H14N2O3S2/c16-10(9-15-12(17)4-5-13(15)18)6-8-19-20-11-3-1-2-7-14-11/h1-5,7,17-18H,6,8-9H2. The van der Waals surface area contributed by atoms with Gasteiger partial charge in [0.2, 0.25) is 0 Å². The van der Waals surface area contributed by atoms with Gasteiger partial charge in [0.1, 0.15) is 5.03 Å². The van der Waals surface area contributed by atoms with Crippen LogP contribution in [0.5, 0.6) is 11.8 Å². The van der Waals surface area contributed by atoms with Crippen molar-refractivity contribution in [3.05, 3.63) is 36.5 Å². The van der Waals surface area contributed by atoms with E-state index >= 15 is 0 Å². The molecular formula is C13H14N2O3S2. The van der Waals surface area contributed by atoms with Gasteiger partial charge in [0, 0.05) is 30.5 Å². The number of aromatic hydroxyl groups is 2. The molecule has 0 radical (unpaired) electrons. The first-order valence-corrected chi connectivity index (χ1v) is 8.28. The van der Waals surface area contributed by atoms with E-state index in [1.54, 1.807) is 17.0 Å². The van der Waals surface area contributed by atoms with Crippen LogP contribution in [0, 0.1) is 0 Å². The molecule has 2 aromatic heterocycles. The summed E-state index contributed by atoms with van der Waals surface area (Å²) in [4.78, 5) is 15.9. The molecule has 5 nitrogen and oxygen atoms in total. The zero-order valence-electron chi connectivity index (χ0n) is 10.6. The van der Waals surface area contributed by atoms with E-state index in [9.17, 15) is 15.0 Å². The Labute approximate surface area is 124 Å². The smallest absolute Gasteiger partial charge is 0.194 e. The molecule has 2 rings (SSSR count). The molecule has 106 valence electrons. The van der Waals surface area contributed by atoms with Crippen molar-refractivity contribution < 1.29 is 15.0 Å². The molecule has 2 aromatic rings. The summed E-state index contributed by atoms with van der Waals surface area (Å²) in [7, 11) is 3.08. The number of Topliss-reactive ketones (excluding diaryl/α,β-unsaturated/α-hetero) is 1. The molecule has 0 saturated heterocycles. The molecule has 2 heterocycles. The minimum absolute atomic E-state index is 0.0144. The lowest BCUT2D eigenvalue weighted by atomic mass is 10.3. The Balaban J connectivity index is 1.71.